The summed E-state index contributed by atoms with van der Waals surface area (Å²) in [7, 11) is 0. The first-order valence-corrected chi connectivity index (χ1v) is 9.24. The maximum absolute atomic E-state index is 12.7. The third kappa shape index (κ3) is 4.74. The molecule has 0 saturated carbocycles. The zero-order valence-corrected chi connectivity index (χ0v) is 15.6. The van der Waals surface area contributed by atoms with Gasteiger partial charge in [-0.2, -0.15) is 13.2 Å². The number of anilines is 1. The summed E-state index contributed by atoms with van der Waals surface area (Å²) in [4.78, 5) is 23.1. The van der Waals surface area contributed by atoms with Crippen LogP contribution in [0, 0.1) is 10.1 Å². The Balaban J connectivity index is 1.61. The van der Waals surface area contributed by atoms with Crippen LogP contribution in [0.4, 0.5) is 24.5 Å². The number of benzene rings is 1. The van der Waals surface area contributed by atoms with Crippen LogP contribution in [0.1, 0.15) is 15.2 Å². The van der Waals surface area contributed by atoms with E-state index < -0.39 is 22.4 Å². The van der Waals surface area contributed by atoms with Crippen LogP contribution in [0.2, 0.25) is 0 Å². The molecule has 3 rings (SSSR count). The zero-order chi connectivity index (χ0) is 21.0. The number of halogens is 3. The van der Waals surface area contributed by atoms with Crippen molar-refractivity contribution in [2.24, 2.45) is 0 Å². The van der Waals surface area contributed by atoms with Gasteiger partial charge in [0.25, 0.3) is 11.6 Å². The fraction of sp³-hybridized carbons (Fsp3) is 0.167. The van der Waals surface area contributed by atoms with E-state index in [1.165, 1.54) is 11.3 Å². The fourth-order valence-electron chi connectivity index (χ4n) is 2.63. The molecule has 11 heteroatoms. The van der Waals surface area contributed by atoms with Crippen LogP contribution in [-0.2, 0) is 6.18 Å². The summed E-state index contributed by atoms with van der Waals surface area (Å²) in [6, 6.07) is 7.73. The van der Waals surface area contributed by atoms with Crippen LogP contribution < -0.4 is 10.6 Å². The summed E-state index contributed by atoms with van der Waals surface area (Å²) < 4.78 is 40.0. The van der Waals surface area contributed by atoms with Crippen LogP contribution in [0.5, 0.6) is 0 Å². The van der Waals surface area contributed by atoms with E-state index in [0.29, 0.717) is 10.9 Å². The Bertz CT molecular complexity index is 1020. The maximum atomic E-state index is 12.7. The summed E-state index contributed by atoms with van der Waals surface area (Å²) >= 11 is 1.27. The molecular weight excluding hydrogens is 409 g/mol. The number of amides is 1. The Morgan fingerprint density at radius 2 is 1.90 bits per heavy atom. The molecule has 0 spiro atoms. The number of thiophene rings is 1. The molecule has 0 atom stereocenters. The largest absolute Gasteiger partial charge is 0.416 e. The molecule has 0 aliphatic heterocycles. The Morgan fingerprint density at radius 1 is 1.17 bits per heavy atom. The van der Waals surface area contributed by atoms with E-state index in [-0.39, 0.29) is 24.7 Å². The first-order chi connectivity index (χ1) is 13.8. The minimum absolute atomic E-state index is 0.0543. The highest BCUT2D eigenvalue weighted by Gasteiger charge is 2.33. The number of nitrogens with one attached hydrogen (secondary N) is 2. The molecule has 2 N–H and O–H groups in total. The van der Waals surface area contributed by atoms with Crippen molar-refractivity contribution in [2.75, 3.05) is 18.4 Å². The SMILES string of the molecule is O=C(NCCNc1ccc(C(F)(F)F)cc1[N+](=O)[O-])c1sccc1-n1cccc1. The predicted octanol–water partition coefficient (Wildman–Crippen LogP) is 4.31. The minimum Gasteiger partial charge on any atom is -0.378 e. The van der Waals surface area contributed by atoms with Gasteiger partial charge in [-0.3, -0.25) is 14.9 Å². The topological polar surface area (TPSA) is 89.2 Å². The fourth-order valence-corrected chi connectivity index (χ4v) is 3.44. The van der Waals surface area contributed by atoms with Crippen molar-refractivity contribution >= 4 is 28.6 Å². The molecule has 2 aromatic heterocycles. The molecule has 152 valence electrons. The van der Waals surface area contributed by atoms with Crippen LogP contribution >= 0.6 is 11.3 Å². The molecule has 0 fully saturated rings. The molecule has 1 amide bonds. The average Bonchev–Trinajstić information content (AvgIpc) is 3.35. The third-order valence-corrected chi connectivity index (χ3v) is 4.88. The molecule has 2 heterocycles. The molecular formula is C18H15F3N4O3S. The van der Waals surface area contributed by atoms with Gasteiger partial charge in [-0.15, -0.1) is 11.3 Å². The normalized spacial score (nSPS) is 11.3. The summed E-state index contributed by atoms with van der Waals surface area (Å²) in [6.07, 6.45) is -1.05. The highest BCUT2D eigenvalue weighted by atomic mass is 32.1. The number of nitrogens with zero attached hydrogens (tertiary/aromatic N) is 2. The van der Waals surface area contributed by atoms with Crippen molar-refractivity contribution in [3.63, 3.8) is 0 Å². The maximum Gasteiger partial charge on any atom is 0.416 e. The van der Waals surface area contributed by atoms with Gasteiger partial charge in [-0.05, 0) is 35.7 Å². The van der Waals surface area contributed by atoms with E-state index in [0.717, 1.165) is 17.8 Å². The van der Waals surface area contributed by atoms with Crippen LogP contribution in [-0.4, -0.2) is 28.5 Å². The standard InChI is InChI=1S/C18H15F3N4O3S/c19-18(20,21)12-3-4-13(15(11-12)25(27)28)22-6-7-23-17(26)16-14(5-10-29-16)24-8-1-2-9-24/h1-5,8-11,22H,6-7H2,(H,23,26). The molecule has 0 unspecified atom stereocenters. The Morgan fingerprint density at radius 3 is 2.55 bits per heavy atom. The van der Waals surface area contributed by atoms with Crippen molar-refractivity contribution in [3.05, 3.63) is 74.7 Å². The molecule has 29 heavy (non-hydrogen) atoms. The summed E-state index contributed by atoms with van der Waals surface area (Å²) in [5.74, 6) is -0.313. The van der Waals surface area contributed by atoms with E-state index in [4.69, 9.17) is 0 Å². The number of carbonyl (C=O) groups excluding carboxylic acids is 1. The summed E-state index contributed by atoms with van der Waals surface area (Å²) in [6.45, 7) is 0.224. The van der Waals surface area contributed by atoms with Gasteiger partial charge in [0.15, 0.2) is 0 Å². The number of nitro groups is 1. The van der Waals surface area contributed by atoms with Crippen molar-refractivity contribution in [3.8, 4) is 5.69 Å². The van der Waals surface area contributed by atoms with Crippen molar-refractivity contribution < 1.29 is 22.9 Å². The smallest absolute Gasteiger partial charge is 0.378 e. The number of hydrogen-bond donors (Lipinski definition) is 2. The van der Waals surface area contributed by atoms with E-state index >= 15 is 0 Å². The van der Waals surface area contributed by atoms with Gasteiger partial charge in [0, 0.05) is 31.5 Å². The van der Waals surface area contributed by atoms with Gasteiger partial charge in [0.05, 0.1) is 16.2 Å². The van der Waals surface area contributed by atoms with Gasteiger partial charge >= 0.3 is 6.18 Å². The van der Waals surface area contributed by atoms with Crippen LogP contribution in [0.15, 0.2) is 54.2 Å². The highest BCUT2D eigenvalue weighted by molar-refractivity contribution is 7.12. The van der Waals surface area contributed by atoms with Crippen LogP contribution in [0.25, 0.3) is 5.69 Å². The van der Waals surface area contributed by atoms with Crippen molar-refractivity contribution in [1.29, 1.82) is 0 Å². The van der Waals surface area contributed by atoms with Crippen LogP contribution in [0.3, 0.4) is 0 Å². The number of carbonyl (C=O) groups is 1. The first kappa shape index (κ1) is 20.4. The molecule has 0 saturated heterocycles. The lowest BCUT2D eigenvalue weighted by Crippen LogP contribution is -2.29. The monoisotopic (exact) mass is 424 g/mol. The third-order valence-electron chi connectivity index (χ3n) is 3.98. The van der Waals surface area contributed by atoms with E-state index in [1.54, 1.807) is 9.95 Å². The molecule has 1 aromatic carbocycles. The molecule has 7 nitrogen and oxygen atoms in total. The van der Waals surface area contributed by atoms with E-state index in [1.807, 2.05) is 30.6 Å². The highest BCUT2D eigenvalue weighted by Crippen LogP contribution is 2.34. The second kappa shape index (κ2) is 8.35. The predicted molar refractivity (Wildman–Crippen MR) is 103 cm³/mol. The Kier molecular flexibility index (Phi) is 5.87. The zero-order valence-electron chi connectivity index (χ0n) is 14.8. The first-order valence-electron chi connectivity index (χ1n) is 8.36. The van der Waals surface area contributed by atoms with E-state index in [9.17, 15) is 28.1 Å². The molecule has 0 bridgehead atoms. The molecule has 0 aliphatic carbocycles. The minimum atomic E-state index is -4.67. The quantitative estimate of drug-likeness (QED) is 0.336. The second-order valence-corrected chi connectivity index (χ2v) is 6.81. The van der Waals surface area contributed by atoms with Crippen molar-refractivity contribution in [2.45, 2.75) is 6.18 Å². The molecule has 3 aromatic rings. The molecule has 0 radical (unpaired) electrons. The number of rotatable bonds is 7. The average molecular weight is 424 g/mol. The second-order valence-electron chi connectivity index (χ2n) is 5.89. The van der Waals surface area contributed by atoms with Gasteiger partial charge in [-0.1, -0.05) is 0 Å². The molecule has 0 aliphatic rings. The number of nitro benzene ring substituents is 1. The summed E-state index contributed by atoms with van der Waals surface area (Å²) in [5.41, 5.74) is -1.11. The lowest BCUT2D eigenvalue weighted by Gasteiger charge is -2.11. The lowest BCUT2D eigenvalue weighted by molar-refractivity contribution is -0.384. The van der Waals surface area contributed by atoms with E-state index in [2.05, 4.69) is 10.6 Å². The van der Waals surface area contributed by atoms with Gasteiger partial charge in [0.2, 0.25) is 0 Å². The Hall–Kier alpha value is -3.34. The number of hydrogen-bond acceptors (Lipinski definition) is 5. The summed E-state index contributed by atoms with van der Waals surface area (Å²) in [5, 5.41) is 18.2. The lowest BCUT2D eigenvalue weighted by atomic mass is 10.1. The van der Waals surface area contributed by atoms with Crippen molar-refractivity contribution in [1.82, 2.24) is 9.88 Å². The van der Waals surface area contributed by atoms with Gasteiger partial charge in [-0.25, -0.2) is 0 Å². The number of alkyl halides is 3. The van der Waals surface area contributed by atoms with Gasteiger partial charge in [0.1, 0.15) is 10.6 Å². The van der Waals surface area contributed by atoms with Gasteiger partial charge < -0.3 is 15.2 Å². The Labute approximate surface area is 166 Å². The number of aromatic nitrogens is 1.